The van der Waals surface area contributed by atoms with E-state index in [2.05, 4.69) is 5.32 Å². The van der Waals surface area contributed by atoms with Crippen LogP contribution in [-0.2, 0) is 26.2 Å². The van der Waals surface area contributed by atoms with Gasteiger partial charge in [0.25, 0.3) is 0 Å². The monoisotopic (exact) mass is 509 g/mol. The Hall–Kier alpha value is -2.78. The first-order valence-electron chi connectivity index (χ1n) is 11.0. The molecule has 34 heavy (non-hydrogen) atoms. The van der Waals surface area contributed by atoms with Gasteiger partial charge >= 0.3 is 0 Å². The number of nitrogens with zero attached hydrogens (tertiary/aromatic N) is 2. The van der Waals surface area contributed by atoms with Crippen LogP contribution in [0.25, 0.3) is 0 Å². The van der Waals surface area contributed by atoms with Gasteiger partial charge in [0.2, 0.25) is 21.8 Å². The molecule has 186 valence electrons. The molecule has 0 aliphatic carbocycles. The Labute approximate surface area is 206 Å². The topological polar surface area (TPSA) is 96.0 Å². The molecule has 1 N–H and O–H groups in total. The van der Waals surface area contributed by atoms with E-state index in [1.807, 2.05) is 6.92 Å². The van der Waals surface area contributed by atoms with Gasteiger partial charge < -0.3 is 15.0 Å². The Balaban J connectivity index is 2.37. The Bertz CT molecular complexity index is 1080. The number of sulfonamides is 1. The molecule has 0 bridgehead atoms. The maximum absolute atomic E-state index is 13.5. The molecule has 0 aliphatic rings. The summed E-state index contributed by atoms with van der Waals surface area (Å²) >= 11 is 5.98. The van der Waals surface area contributed by atoms with Crippen molar-refractivity contribution in [1.82, 2.24) is 10.2 Å². The lowest BCUT2D eigenvalue weighted by molar-refractivity contribution is -0.139. The number of carbonyl (C=O) groups is 2. The number of halogens is 1. The summed E-state index contributed by atoms with van der Waals surface area (Å²) in [5.74, 6) is -0.515. The highest BCUT2D eigenvalue weighted by atomic mass is 35.5. The lowest BCUT2D eigenvalue weighted by Gasteiger charge is -2.31. The van der Waals surface area contributed by atoms with Crippen LogP contribution in [0, 0.1) is 0 Å². The van der Waals surface area contributed by atoms with Gasteiger partial charge in [-0.05, 0) is 43.2 Å². The van der Waals surface area contributed by atoms with Crippen LogP contribution >= 0.6 is 11.6 Å². The molecule has 2 aromatic rings. The zero-order valence-electron chi connectivity index (χ0n) is 20.0. The lowest BCUT2D eigenvalue weighted by atomic mass is 10.1. The highest BCUT2D eigenvalue weighted by Crippen LogP contribution is 2.29. The van der Waals surface area contributed by atoms with Gasteiger partial charge in [-0.25, -0.2) is 8.42 Å². The predicted molar refractivity (Wildman–Crippen MR) is 135 cm³/mol. The molecule has 1 atom stereocenters. The van der Waals surface area contributed by atoms with E-state index in [1.165, 1.54) is 12.0 Å². The van der Waals surface area contributed by atoms with Crippen molar-refractivity contribution >= 4 is 39.1 Å². The van der Waals surface area contributed by atoms with Crippen molar-refractivity contribution in [3.8, 4) is 5.75 Å². The fourth-order valence-electron chi connectivity index (χ4n) is 3.34. The molecule has 0 saturated carbocycles. The second-order valence-corrected chi connectivity index (χ2v) is 10.3. The second-order valence-electron chi connectivity index (χ2n) is 7.91. The summed E-state index contributed by atoms with van der Waals surface area (Å²) in [7, 11) is -2.41. The molecule has 0 spiro atoms. The van der Waals surface area contributed by atoms with Crippen molar-refractivity contribution in [2.24, 2.45) is 0 Å². The smallest absolute Gasteiger partial charge is 0.244 e. The number of hydrogen-bond acceptors (Lipinski definition) is 5. The quantitative estimate of drug-likeness (QED) is 0.442. The van der Waals surface area contributed by atoms with Crippen LogP contribution in [0.2, 0.25) is 5.02 Å². The highest BCUT2D eigenvalue weighted by Gasteiger charge is 2.31. The summed E-state index contributed by atoms with van der Waals surface area (Å²) in [4.78, 5) is 27.6. The summed E-state index contributed by atoms with van der Waals surface area (Å²) in [5.41, 5.74) is 1.00. The van der Waals surface area contributed by atoms with E-state index in [0.29, 0.717) is 17.3 Å². The zero-order chi connectivity index (χ0) is 25.3. The maximum Gasteiger partial charge on any atom is 0.244 e. The van der Waals surface area contributed by atoms with Gasteiger partial charge in [0.15, 0.2) is 0 Å². The summed E-state index contributed by atoms with van der Waals surface area (Å²) in [5, 5.41) is 3.39. The number of carbonyl (C=O) groups excluding carboxylic acids is 2. The third-order valence-electron chi connectivity index (χ3n) is 5.30. The number of benzene rings is 2. The number of anilines is 1. The molecule has 0 radical (unpaired) electrons. The molecule has 8 nitrogen and oxygen atoms in total. The number of methoxy groups -OCH3 is 1. The largest absolute Gasteiger partial charge is 0.495 e. The predicted octanol–water partition coefficient (Wildman–Crippen LogP) is 3.45. The van der Waals surface area contributed by atoms with Crippen molar-refractivity contribution in [3.05, 3.63) is 59.1 Å². The Morgan fingerprint density at radius 3 is 2.35 bits per heavy atom. The van der Waals surface area contributed by atoms with E-state index >= 15 is 0 Å². The molecule has 0 aromatic heterocycles. The van der Waals surface area contributed by atoms with Gasteiger partial charge in [0.05, 0.1) is 19.1 Å². The number of para-hydroxylation sites is 2. The van der Waals surface area contributed by atoms with Crippen LogP contribution in [0.4, 0.5) is 5.69 Å². The van der Waals surface area contributed by atoms with Crippen LogP contribution in [0.15, 0.2) is 48.5 Å². The molecule has 0 aliphatic heterocycles. The van der Waals surface area contributed by atoms with Crippen LogP contribution in [0.3, 0.4) is 0 Å². The number of unbranched alkanes of at least 4 members (excludes halogenated alkanes) is 1. The number of amides is 2. The van der Waals surface area contributed by atoms with Gasteiger partial charge in [-0.3, -0.25) is 13.9 Å². The minimum atomic E-state index is -3.83. The third-order valence-corrected chi connectivity index (χ3v) is 6.67. The van der Waals surface area contributed by atoms with E-state index in [9.17, 15) is 18.0 Å². The van der Waals surface area contributed by atoms with Crippen molar-refractivity contribution in [2.75, 3.05) is 30.8 Å². The van der Waals surface area contributed by atoms with Gasteiger partial charge in [0, 0.05) is 18.1 Å². The molecule has 10 heteroatoms. The minimum absolute atomic E-state index is 0.113. The highest BCUT2D eigenvalue weighted by molar-refractivity contribution is 7.92. The van der Waals surface area contributed by atoms with E-state index in [1.54, 1.807) is 55.5 Å². The molecular formula is C24H32ClN3O5S. The molecule has 2 aromatic carbocycles. The Kier molecular flexibility index (Phi) is 10.2. The molecular weight excluding hydrogens is 478 g/mol. The normalized spacial score (nSPS) is 12.0. The summed E-state index contributed by atoms with van der Waals surface area (Å²) in [6.45, 7) is 3.77. The first-order chi connectivity index (χ1) is 16.1. The fraction of sp³-hybridized carbons (Fsp3) is 0.417. The molecule has 1 unspecified atom stereocenters. The molecule has 2 amide bonds. The van der Waals surface area contributed by atoms with Crippen LogP contribution in [-0.4, -0.2) is 57.6 Å². The summed E-state index contributed by atoms with van der Waals surface area (Å²) in [6, 6.07) is 12.7. The average Bonchev–Trinajstić information content (AvgIpc) is 2.81. The van der Waals surface area contributed by atoms with Crippen molar-refractivity contribution in [1.29, 1.82) is 0 Å². The Morgan fingerprint density at radius 1 is 1.12 bits per heavy atom. The number of rotatable bonds is 12. The number of hydrogen-bond donors (Lipinski definition) is 1. The summed E-state index contributed by atoms with van der Waals surface area (Å²) in [6.07, 6.45) is 2.76. The van der Waals surface area contributed by atoms with Crippen LogP contribution < -0.4 is 14.4 Å². The van der Waals surface area contributed by atoms with Gasteiger partial charge in [-0.15, -0.1) is 0 Å². The van der Waals surface area contributed by atoms with E-state index in [-0.39, 0.29) is 18.1 Å². The number of ether oxygens (including phenoxy) is 1. The molecule has 0 heterocycles. The van der Waals surface area contributed by atoms with Crippen LogP contribution in [0.1, 0.15) is 32.3 Å². The first-order valence-corrected chi connectivity index (χ1v) is 13.2. The van der Waals surface area contributed by atoms with Gasteiger partial charge in [-0.2, -0.15) is 0 Å². The molecule has 0 saturated heterocycles. The van der Waals surface area contributed by atoms with E-state index in [0.717, 1.165) is 29.0 Å². The SMILES string of the molecule is CCCCNC(=O)C(C)N(Cc1ccc(Cl)cc1)C(=O)CN(c1ccccc1OC)S(C)(=O)=O. The lowest BCUT2D eigenvalue weighted by Crippen LogP contribution is -2.51. The third kappa shape index (κ3) is 7.63. The zero-order valence-corrected chi connectivity index (χ0v) is 21.5. The second kappa shape index (κ2) is 12.6. The maximum atomic E-state index is 13.5. The standard InChI is InChI=1S/C24H32ClN3O5S/c1-5-6-15-26-24(30)18(2)27(16-19-11-13-20(25)14-12-19)23(29)17-28(34(4,31)32)21-9-7-8-10-22(21)33-3/h7-14,18H,5-6,15-17H2,1-4H3,(H,26,30). The number of nitrogens with one attached hydrogen (secondary N) is 1. The van der Waals surface area contributed by atoms with Gasteiger partial charge in [0.1, 0.15) is 18.3 Å². The van der Waals surface area contributed by atoms with E-state index in [4.69, 9.17) is 16.3 Å². The van der Waals surface area contributed by atoms with Crippen LogP contribution in [0.5, 0.6) is 5.75 Å². The average molecular weight is 510 g/mol. The van der Waals surface area contributed by atoms with Crippen molar-refractivity contribution < 1.29 is 22.7 Å². The molecule has 2 rings (SSSR count). The first kappa shape index (κ1) is 27.5. The van der Waals surface area contributed by atoms with Crippen molar-refractivity contribution in [2.45, 2.75) is 39.3 Å². The van der Waals surface area contributed by atoms with Gasteiger partial charge in [-0.1, -0.05) is 49.2 Å². The fourth-order valence-corrected chi connectivity index (χ4v) is 4.31. The minimum Gasteiger partial charge on any atom is -0.495 e. The van der Waals surface area contributed by atoms with E-state index < -0.39 is 28.5 Å². The summed E-state index contributed by atoms with van der Waals surface area (Å²) < 4.78 is 31.6. The Morgan fingerprint density at radius 2 is 1.76 bits per heavy atom. The van der Waals surface area contributed by atoms with Crippen molar-refractivity contribution in [3.63, 3.8) is 0 Å². The molecule has 0 fully saturated rings.